The van der Waals surface area contributed by atoms with E-state index in [1.54, 1.807) is 7.05 Å². The van der Waals surface area contributed by atoms with Crippen molar-refractivity contribution in [2.75, 3.05) is 7.05 Å². The lowest BCUT2D eigenvalue weighted by atomic mass is 10.1. The monoisotopic (exact) mass is 256 g/mol. The molecule has 1 atom stereocenters. The summed E-state index contributed by atoms with van der Waals surface area (Å²) in [7, 11) is 1.59. The highest BCUT2D eigenvalue weighted by Crippen LogP contribution is 2.12. The summed E-state index contributed by atoms with van der Waals surface area (Å²) in [6, 6.07) is 7.30. The first kappa shape index (κ1) is 11.2. The van der Waals surface area contributed by atoms with Crippen LogP contribution in [0, 0.1) is 0 Å². The highest BCUT2D eigenvalue weighted by molar-refractivity contribution is 9.10. The lowest BCUT2D eigenvalue weighted by Gasteiger charge is -2.09. The van der Waals surface area contributed by atoms with Crippen molar-refractivity contribution in [3.8, 4) is 0 Å². The standard InChI is InChI=1S/C10H13BrN2O/c1-13-10(14)9(12)6-7-3-2-4-8(11)5-7/h2-5,9H,6,12H2,1H3,(H,13,14). The van der Waals surface area contributed by atoms with Gasteiger partial charge in [-0.1, -0.05) is 28.1 Å². The minimum Gasteiger partial charge on any atom is -0.358 e. The molecule has 0 aliphatic heterocycles. The lowest BCUT2D eigenvalue weighted by Crippen LogP contribution is -2.40. The van der Waals surface area contributed by atoms with Crippen LogP contribution in [0.2, 0.25) is 0 Å². The normalized spacial score (nSPS) is 12.2. The van der Waals surface area contributed by atoms with Gasteiger partial charge in [-0.2, -0.15) is 0 Å². The number of nitrogens with two attached hydrogens (primary N) is 1. The molecule has 0 aromatic heterocycles. The van der Waals surface area contributed by atoms with Crippen LogP contribution in [0.4, 0.5) is 0 Å². The molecule has 0 radical (unpaired) electrons. The maximum absolute atomic E-state index is 11.2. The second-order valence-corrected chi connectivity index (χ2v) is 3.97. The zero-order chi connectivity index (χ0) is 10.6. The van der Waals surface area contributed by atoms with Gasteiger partial charge in [-0.3, -0.25) is 4.79 Å². The number of benzene rings is 1. The van der Waals surface area contributed by atoms with Crippen molar-refractivity contribution in [1.82, 2.24) is 5.32 Å². The van der Waals surface area contributed by atoms with E-state index in [2.05, 4.69) is 21.2 Å². The number of carbonyl (C=O) groups is 1. The van der Waals surface area contributed by atoms with Gasteiger partial charge in [0.1, 0.15) is 0 Å². The van der Waals surface area contributed by atoms with E-state index < -0.39 is 6.04 Å². The van der Waals surface area contributed by atoms with Crippen molar-refractivity contribution in [2.24, 2.45) is 5.73 Å². The summed E-state index contributed by atoms with van der Waals surface area (Å²) in [5, 5.41) is 2.52. The van der Waals surface area contributed by atoms with Crippen molar-refractivity contribution in [2.45, 2.75) is 12.5 Å². The zero-order valence-electron chi connectivity index (χ0n) is 7.96. The van der Waals surface area contributed by atoms with Gasteiger partial charge in [0.25, 0.3) is 0 Å². The largest absolute Gasteiger partial charge is 0.358 e. The Morgan fingerprint density at radius 2 is 2.36 bits per heavy atom. The van der Waals surface area contributed by atoms with E-state index in [0.717, 1.165) is 10.0 Å². The average molecular weight is 257 g/mol. The van der Waals surface area contributed by atoms with Crippen LogP contribution in [0.3, 0.4) is 0 Å². The molecule has 0 fully saturated rings. The van der Waals surface area contributed by atoms with E-state index in [0.29, 0.717) is 6.42 Å². The van der Waals surface area contributed by atoms with Crippen LogP contribution in [0.1, 0.15) is 5.56 Å². The smallest absolute Gasteiger partial charge is 0.237 e. The van der Waals surface area contributed by atoms with Crippen LogP contribution in [-0.2, 0) is 11.2 Å². The molecule has 0 aliphatic rings. The fraction of sp³-hybridized carbons (Fsp3) is 0.300. The summed E-state index contributed by atoms with van der Waals surface area (Å²) in [4.78, 5) is 11.2. The van der Waals surface area contributed by atoms with Gasteiger partial charge in [0, 0.05) is 11.5 Å². The molecule has 0 spiro atoms. The Bertz CT molecular complexity index is 328. The molecule has 3 N–H and O–H groups in total. The van der Waals surface area contributed by atoms with Crippen LogP contribution in [-0.4, -0.2) is 19.0 Å². The Morgan fingerprint density at radius 1 is 1.64 bits per heavy atom. The van der Waals surface area contributed by atoms with Gasteiger partial charge in [0.05, 0.1) is 6.04 Å². The van der Waals surface area contributed by atoms with Crippen LogP contribution < -0.4 is 11.1 Å². The summed E-state index contributed by atoms with van der Waals surface area (Å²) < 4.78 is 0.999. The first-order valence-corrected chi connectivity index (χ1v) is 5.14. The summed E-state index contributed by atoms with van der Waals surface area (Å²) in [6.07, 6.45) is 0.555. The number of nitrogens with one attached hydrogen (secondary N) is 1. The average Bonchev–Trinajstić information content (AvgIpc) is 2.16. The van der Waals surface area contributed by atoms with E-state index in [9.17, 15) is 4.79 Å². The summed E-state index contributed by atoms with van der Waals surface area (Å²) in [6.45, 7) is 0. The van der Waals surface area contributed by atoms with Crippen LogP contribution in [0.15, 0.2) is 28.7 Å². The van der Waals surface area contributed by atoms with E-state index in [4.69, 9.17) is 5.73 Å². The molecule has 1 aromatic carbocycles. The molecule has 3 nitrogen and oxygen atoms in total. The maximum atomic E-state index is 11.2. The molecule has 0 aliphatic carbocycles. The Hall–Kier alpha value is -0.870. The highest BCUT2D eigenvalue weighted by atomic mass is 79.9. The number of rotatable bonds is 3. The Labute approximate surface area is 91.8 Å². The number of likely N-dealkylation sites (N-methyl/N-ethyl adjacent to an activating group) is 1. The van der Waals surface area contributed by atoms with E-state index in [1.807, 2.05) is 24.3 Å². The van der Waals surface area contributed by atoms with Gasteiger partial charge in [0.2, 0.25) is 5.91 Å². The second-order valence-electron chi connectivity index (χ2n) is 3.05. The van der Waals surface area contributed by atoms with Gasteiger partial charge in [-0.05, 0) is 24.1 Å². The van der Waals surface area contributed by atoms with Crippen molar-refractivity contribution in [3.05, 3.63) is 34.3 Å². The third-order valence-corrected chi connectivity index (χ3v) is 2.42. The van der Waals surface area contributed by atoms with Crippen molar-refractivity contribution in [1.29, 1.82) is 0 Å². The second kappa shape index (κ2) is 5.12. The predicted octanol–water partition coefficient (Wildman–Crippen LogP) is 1.06. The van der Waals surface area contributed by atoms with Gasteiger partial charge in [-0.25, -0.2) is 0 Å². The topological polar surface area (TPSA) is 55.1 Å². The molecule has 1 rings (SSSR count). The molecule has 0 heterocycles. The molecular weight excluding hydrogens is 244 g/mol. The summed E-state index contributed by atoms with van der Waals surface area (Å²) >= 11 is 3.36. The first-order valence-electron chi connectivity index (χ1n) is 4.35. The van der Waals surface area contributed by atoms with E-state index in [-0.39, 0.29) is 5.91 Å². The maximum Gasteiger partial charge on any atom is 0.237 e. The van der Waals surface area contributed by atoms with Gasteiger partial charge >= 0.3 is 0 Å². The third kappa shape index (κ3) is 3.12. The molecule has 1 aromatic rings. The Balaban J connectivity index is 2.64. The Kier molecular flexibility index (Phi) is 4.10. The lowest BCUT2D eigenvalue weighted by molar-refractivity contribution is -0.121. The molecule has 4 heteroatoms. The molecule has 76 valence electrons. The van der Waals surface area contributed by atoms with Gasteiger partial charge in [0.15, 0.2) is 0 Å². The predicted molar refractivity (Wildman–Crippen MR) is 59.9 cm³/mol. The van der Waals surface area contributed by atoms with E-state index in [1.165, 1.54) is 0 Å². The van der Waals surface area contributed by atoms with E-state index >= 15 is 0 Å². The number of halogens is 1. The highest BCUT2D eigenvalue weighted by Gasteiger charge is 2.11. The Morgan fingerprint density at radius 3 is 2.93 bits per heavy atom. The van der Waals surface area contributed by atoms with Crippen LogP contribution >= 0.6 is 15.9 Å². The number of carbonyl (C=O) groups excluding carboxylic acids is 1. The molecular formula is C10H13BrN2O. The fourth-order valence-corrected chi connectivity index (χ4v) is 1.64. The minimum atomic E-state index is -0.478. The summed E-state index contributed by atoms with van der Waals surface area (Å²) in [5.41, 5.74) is 6.73. The molecule has 0 bridgehead atoms. The van der Waals surface area contributed by atoms with Crippen LogP contribution in [0.25, 0.3) is 0 Å². The third-order valence-electron chi connectivity index (χ3n) is 1.93. The summed E-state index contributed by atoms with van der Waals surface area (Å²) in [5.74, 6) is -0.134. The number of hydrogen-bond acceptors (Lipinski definition) is 2. The molecule has 0 saturated carbocycles. The minimum absolute atomic E-state index is 0.134. The number of amides is 1. The van der Waals surface area contributed by atoms with Crippen LogP contribution in [0.5, 0.6) is 0 Å². The quantitative estimate of drug-likeness (QED) is 0.850. The number of hydrogen-bond donors (Lipinski definition) is 2. The molecule has 0 saturated heterocycles. The zero-order valence-corrected chi connectivity index (χ0v) is 9.54. The molecule has 14 heavy (non-hydrogen) atoms. The van der Waals surface area contributed by atoms with Crippen molar-refractivity contribution in [3.63, 3.8) is 0 Å². The first-order chi connectivity index (χ1) is 6.63. The van der Waals surface area contributed by atoms with Gasteiger partial charge in [-0.15, -0.1) is 0 Å². The van der Waals surface area contributed by atoms with Gasteiger partial charge < -0.3 is 11.1 Å². The molecule has 1 unspecified atom stereocenters. The van der Waals surface area contributed by atoms with Crippen molar-refractivity contribution >= 4 is 21.8 Å². The van der Waals surface area contributed by atoms with Crippen molar-refractivity contribution < 1.29 is 4.79 Å². The molecule has 1 amide bonds. The fourth-order valence-electron chi connectivity index (χ4n) is 1.20. The SMILES string of the molecule is CNC(=O)C(N)Cc1cccc(Br)c1.